The molecule has 1 N–H and O–H groups in total. The van der Waals surface area contributed by atoms with Gasteiger partial charge in [0, 0.05) is 13.1 Å². The number of amides is 1. The monoisotopic (exact) mass is 196 g/mol. The lowest BCUT2D eigenvalue weighted by molar-refractivity contribution is -0.137. The Kier molecular flexibility index (Phi) is 2.52. The summed E-state index contributed by atoms with van der Waals surface area (Å²) in [7, 11) is 0. The zero-order chi connectivity index (χ0) is 10.2. The molecule has 3 heteroatoms. The van der Waals surface area contributed by atoms with Crippen LogP contribution >= 0.6 is 0 Å². The van der Waals surface area contributed by atoms with Gasteiger partial charge >= 0.3 is 0 Å². The molecule has 1 atom stereocenters. The average Bonchev–Trinajstić information content (AvgIpc) is 2.00. The second kappa shape index (κ2) is 3.54. The van der Waals surface area contributed by atoms with E-state index < -0.39 is 0 Å². The average molecular weight is 196 g/mol. The number of carbonyl (C=O) groups is 1. The van der Waals surface area contributed by atoms with E-state index in [0.717, 1.165) is 38.9 Å². The molecule has 2 aliphatic rings. The summed E-state index contributed by atoms with van der Waals surface area (Å²) < 4.78 is 0. The molecule has 0 aromatic heterocycles. The van der Waals surface area contributed by atoms with Crippen molar-refractivity contribution in [1.29, 1.82) is 0 Å². The number of hydrogen-bond acceptors (Lipinski definition) is 2. The van der Waals surface area contributed by atoms with Gasteiger partial charge in [0.15, 0.2) is 0 Å². The first kappa shape index (κ1) is 9.97. The Morgan fingerprint density at radius 1 is 1.36 bits per heavy atom. The van der Waals surface area contributed by atoms with Crippen molar-refractivity contribution in [2.75, 3.05) is 19.6 Å². The van der Waals surface area contributed by atoms with E-state index >= 15 is 0 Å². The van der Waals surface area contributed by atoms with E-state index in [1.807, 2.05) is 4.90 Å². The third kappa shape index (κ3) is 1.92. The minimum absolute atomic E-state index is 0.135. The van der Waals surface area contributed by atoms with E-state index in [9.17, 15) is 4.79 Å². The van der Waals surface area contributed by atoms with Gasteiger partial charge in [0.2, 0.25) is 5.91 Å². The lowest BCUT2D eigenvalue weighted by Gasteiger charge is -2.40. The minimum Gasteiger partial charge on any atom is -0.341 e. The van der Waals surface area contributed by atoms with Gasteiger partial charge in [-0.25, -0.2) is 0 Å². The third-order valence-corrected chi connectivity index (χ3v) is 3.55. The van der Waals surface area contributed by atoms with E-state index in [2.05, 4.69) is 19.2 Å². The highest BCUT2D eigenvalue weighted by molar-refractivity contribution is 5.82. The fraction of sp³-hybridized carbons (Fsp3) is 0.909. The molecule has 3 nitrogen and oxygen atoms in total. The highest BCUT2D eigenvalue weighted by atomic mass is 16.2. The Morgan fingerprint density at radius 2 is 1.93 bits per heavy atom. The predicted octanol–water partition coefficient (Wildman–Crippen LogP) is 0.997. The molecule has 0 aromatic rings. The van der Waals surface area contributed by atoms with Crippen LogP contribution < -0.4 is 5.32 Å². The van der Waals surface area contributed by atoms with Gasteiger partial charge in [-0.3, -0.25) is 4.79 Å². The Hall–Kier alpha value is -0.570. The fourth-order valence-corrected chi connectivity index (χ4v) is 2.05. The molecule has 1 amide bonds. The van der Waals surface area contributed by atoms with Crippen LogP contribution in [0.25, 0.3) is 0 Å². The Morgan fingerprint density at radius 3 is 2.36 bits per heavy atom. The van der Waals surface area contributed by atoms with E-state index in [4.69, 9.17) is 0 Å². The van der Waals surface area contributed by atoms with E-state index in [-0.39, 0.29) is 6.04 Å². The van der Waals surface area contributed by atoms with Crippen molar-refractivity contribution in [1.82, 2.24) is 10.2 Å². The number of nitrogens with zero attached hydrogens (tertiary/aromatic N) is 1. The van der Waals surface area contributed by atoms with Crippen LogP contribution in [0.5, 0.6) is 0 Å². The molecule has 14 heavy (non-hydrogen) atoms. The molecule has 0 saturated carbocycles. The van der Waals surface area contributed by atoms with Gasteiger partial charge < -0.3 is 10.2 Å². The van der Waals surface area contributed by atoms with E-state index in [0.29, 0.717) is 11.3 Å². The van der Waals surface area contributed by atoms with Crippen LogP contribution in [0.1, 0.15) is 33.1 Å². The van der Waals surface area contributed by atoms with Gasteiger partial charge in [0.1, 0.15) is 0 Å². The smallest absolute Gasteiger partial charge is 0.239 e. The maximum Gasteiger partial charge on any atom is 0.239 e. The van der Waals surface area contributed by atoms with Crippen LogP contribution in [0.15, 0.2) is 0 Å². The summed E-state index contributed by atoms with van der Waals surface area (Å²) in [5.74, 6) is 0.326. The maximum atomic E-state index is 11.9. The van der Waals surface area contributed by atoms with Crippen molar-refractivity contribution in [3.8, 4) is 0 Å². The quantitative estimate of drug-likeness (QED) is 0.678. The molecule has 2 aliphatic heterocycles. The molecule has 2 heterocycles. The van der Waals surface area contributed by atoms with Crippen LogP contribution in [0.4, 0.5) is 0 Å². The molecular formula is C11H20N2O. The van der Waals surface area contributed by atoms with Gasteiger partial charge in [-0.15, -0.1) is 0 Å². The SMILES string of the molecule is CC1(C)CCN(C(=O)C2CCN2)CC1. The summed E-state index contributed by atoms with van der Waals surface area (Å²) in [6, 6.07) is 0.135. The lowest BCUT2D eigenvalue weighted by atomic mass is 9.82. The molecule has 1 unspecified atom stereocenters. The normalized spacial score (nSPS) is 31.0. The minimum atomic E-state index is 0.135. The second-order valence-corrected chi connectivity index (χ2v) is 5.28. The van der Waals surface area contributed by atoms with Crippen molar-refractivity contribution in [3.05, 3.63) is 0 Å². The van der Waals surface area contributed by atoms with Crippen molar-refractivity contribution in [2.24, 2.45) is 5.41 Å². The molecule has 0 aliphatic carbocycles. The number of nitrogens with one attached hydrogen (secondary N) is 1. The topological polar surface area (TPSA) is 32.3 Å². The van der Waals surface area contributed by atoms with E-state index in [1.54, 1.807) is 0 Å². The number of likely N-dealkylation sites (tertiary alicyclic amines) is 1. The predicted molar refractivity (Wildman–Crippen MR) is 56.0 cm³/mol. The third-order valence-electron chi connectivity index (χ3n) is 3.55. The van der Waals surface area contributed by atoms with Gasteiger partial charge in [0.25, 0.3) is 0 Å². The number of rotatable bonds is 1. The van der Waals surface area contributed by atoms with Crippen LogP contribution in [0.3, 0.4) is 0 Å². The molecule has 0 spiro atoms. The van der Waals surface area contributed by atoms with Crippen molar-refractivity contribution >= 4 is 5.91 Å². The fourth-order valence-electron chi connectivity index (χ4n) is 2.05. The summed E-state index contributed by atoms with van der Waals surface area (Å²) in [4.78, 5) is 13.9. The Balaban J connectivity index is 1.85. The zero-order valence-electron chi connectivity index (χ0n) is 9.18. The number of hydrogen-bond donors (Lipinski definition) is 1. The number of carbonyl (C=O) groups excluding carboxylic acids is 1. The summed E-state index contributed by atoms with van der Waals surface area (Å²) >= 11 is 0. The maximum absolute atomic E-state index is 11.9. The van der Waals surface area contributed by atoms with Crippen molar-refractivity contribution in [2.45, 2.75) is 39.2 Å². The molecule has 2 rings (SSSR count). The highest BCUT2D eigenvalue weighted by Crippen LogP contribution is 2.30. The lowest BCUT2D eigenvalue weighted by Crippen LogP contribution is -2.56. The summed E-state index contributed by atoms with van der Waals surface area (Å²) in [6.45, 7) is 7.48. The summed E-state index contributed by atoms with van der Waals surface area (Å²) in [5, 5.41) is 3.17. The van der Waals surface area contributed by atoms with Crippen LogP contribution in [-0.2, 0) is 4.79 Å². The zero-order valence-corrected chi connectivity index (χ0v) is 9.18. The number of piperidine rings is 1. The largest absolute Gasteiger partial charge is 0.341 e. The van der Waals surface area contributed by atoms with Crippen molar-refractivity contribution < 1.29 is 4.79 Å². The summed E-state index contributed by atoms with van der Waals surface area (Å²) in [6.07, 6.45) is 3.32. The van der Waals surface area contributed by atoms with Gasteiger partial charge in [0.05, 0.1) is 6.04 Å². The molecule has 2 saturated heterocycles. The molecular weight excluding hydrogens is 176 g/mol. The van der Waals surface area contributed by atoms with Gasteiger partial charge in [-0.2, -0.15) is 0 Å². The highest BCUT2D eigenvalue weighted by Gasteiger charge is 2.33. The molecule has 0 bridgehead atoms. The first-order valence-corrected chi connectivity index (χ1v) is 5.61. The molecule has 0 aromatic carbocycles. The molecule has 80 valence electrons. The first-order valence-electron chi connectivity index (χ1n) is 5.61. The molecule has 0 radical (unpaired) electrons. The Labute approximate surface area is 85.8 Å². The second-order valence-electron chi connectivity index (χ2n) is 5.28. The van der Waals surface area contributed by atoms with Gasteiger partial charge in [-0.1, -0.05) is 13.8 Å². The van der Waals surface area contributed by atoms with Crippen LogP contribution in [0, 0.1) is 5.41 Å². The Bertz CT molecular complexity index is 223. The first-order chi connectivity index (χ1) is 6.58. The standard InChI is InChI=1S/C11H20N2O/c1-11(2)4-7-13(8-5-11)10(14)9-3-6-12-9/h9,12H,3-8H2,1-2H3. The van der Waals surface area contributed by atoms with Crippen LogP contribution in [0.2, 0.25) is 0 Å². The van der Waals surface area contributed by atoms with Crippen LogP contribution in [-0.4, -0.2) is 36.5 Å². The molecule has 2 fully saturated rings. The summed E-state index contributed by atoms with van der Waals surface area (Å²) in [5.41, 5.74) is 0.434. The van der Waals surface area contributed by atoms with E-state index in [1.165, 1.54) is 0 Å². The van der Waals surface area contributed by atoms with Gasteiger partial charge in [-0.05, 0) is 31.2 Å². The van der Waals surface area contributed by atoms with Crippen molar-refractivity contribution in [3.63, 3.8) is 0 Å².